The molecule has 0 fully saturated rings. The minimum Gasteiger partial charge on any atom is -0.462 e. The number of carbonyl (C=O) groups is 4. The predicted octanol–water partition coefficient (Wildman–Crippen LogP) is 26.5. The lowest BCUT2D eigenvalue weighted by Gasteiger charge is -2.21. The molecule has 0 aromatic carbocycles. The van der Waals surface area contributed by atoms with Gasteiger partial charge in [-0.1, -0.05) is 408 Å². The summed E-state index contributed by atoms with van der Waals surface area (Å²) in [5, 5.41) is 10.7. The second-order valence-electron chi connectivity index (χ2n) is 32.5. The molecule has 0 aromatic rings. The van der Waals surface area contributed by atoms with Crippen LogP contribution < -0.4 is 0 Å². The maximum atomic E-state index is 13.2. The van der Waals surface area contributed by atoms with Crippen LogP contribution in [0.15, 0.2) is 0 Å². The molecular weight excluding hydrogens is 1380 g/mol. The van der Waals surface area contributed by atoms with Crippen LogP contribution in [-0.4, -0.2) is 96.7 Å². The van der Waals surface area contributed by atoms with Crippen molar-refractivity contribution in [3.05, 3.63) is 0 Å². The van der Waals surface area contributed by atoms with E-state index in [1.807, 2.05) is 0 Å². The van der Waals surface area contributed by atoms with Crippen LogP contribution in [-0.2, 0) is 65.4 Å². The zero-order chi connectivity index (χ0) is 77.9. The summed E-state index contributed by atoms with van der Waals surface area (Å²) in [6.45, 7) is 12.0. The summed E-state index contributed by atoms with van der Waals surface area (Å²) in [7, 11) is -9.93. The van der Waals surface area contributed by atoms with Crippen LogP contribution in [0.3, 0.4) is 0 Å². The van der Waals surface area contributed by atoms with Crippen molar-refractivity contribution in [2.24, 2.45) is 17.8 Å². The number of esters is 4. The number of hydrogen-bond acceptors (Lipinski definition) is 15. The fourth-order valence-electron chi connectivity index (χ4n) is 13.5. The largest absolute Gasteiger partial charge is 0.472 e. The maximum Gasteiger partial charge on any atom is 0.472 e. The molecule has 3 unspecified atom stereocenters. The first kappa shape index (κ1) is 104. The Morgan fingerprint density at radius 2 is 0.481 bits per heavy atom. The second kappa shape index (κ2) is 77.0. The van der Waals surface area contributed by atoms with E-state index in [4.69, 9.17) is 37.0 Å². The number of rotatable bonds is 85. The summed E-state index contributed by atoms with van der Waals surface area (Å²) in [5.41, 5.74) is 0. The topological polar surface area (TPSA) is 237 Å². The smallest absolute Gasteiger partial charge is 0.462 e. The monoisotopic (exact) mass is 1550 g/mol. The van der Waals surface area contributed by atoms with Gasteiger partial charge in [-0.2, -0.15) is 0 Å². The number of aliphatic hydroxyl groups excluding tert-OH is 1. The number of aliphatic hydroxyl groups is 1. The number of hydrogen-bond donors (Lipinski definition) is 3. The van der Waals surface area contributed by atoms with E-state index >= 15 is 0 Å². The molecule has 0 aromatic heterocycles. The Morgan fingerprint density at radius 1 is 0.274 bits per heavy atom. The summed E-state index contributed by atoms with van der Waals surface area (Å²) < 4.78 is 68.9. The Morgan fingerprint density at radius 3 is 0.717 bits per heavy atom. The van der Waals surface area contributed by atoms with Crippen LogP contribution in [0, 0.1) is 17.8 Å². The Kier molecular flexibility index (Phi) is 75.6. The molecule has 0 aliphatic rings. The van der Waals surface area contributed by atoms with Crippen LogP contribution in [0.5, 0.6) is 0 Å². The first-order valence-corrected chi connectivity index (χ1v) is 47.9. The van der Waals surface area contributed by atoms with Gasteiger partial charge in [-0.25, -0.2) is 9.13 Å². The average molecular weight is 1550 g/mol. The molecule has 0 aliphatic carbocycles. The van der Waals surface area contributed by atoms with Gasteiger partial charge < -0.3 is 33.8 Å². The zero-order valence-electron chi connectivity index (χ0n) is 69.9. The van der Waals surface area contributed by atoms with Crippen LogP contribution in [0.2, 0.25) is 0 Å². The van der Waals surface area contributed by atoms with Gasteiger partial charge in [0.2, 0.25) is 0 Å². The average Bonchev–Trinajstić information content (AvgIpc) is 0.899. The molecule has 6 atom stereocenters. The summed E-state index contributed by atoms with van der Waals surface area (Å²) in [6.07, 6.45) is 68.0. The molecule has 0 spiro atoms. The first-order valence-electron chi connectivity index (χ1n) is 44.9. The van der Waals surface area contributed by atoms with Crippen LogP contribution in [0.1, 0.15) is 459 Å². The highest BCUT2D eigenvalue weighted by Crippen LogP contribution is 2.45. The van der Waals surface area contributed by atoms with Crippen molar-refractivity contribution < 1.29 is 80.2 Å². The maximum absolute atomic E-state index is 13.2. The predicted molar refractivity (Wildman–Crippen MR) is 437 cm³/mol. The van der Waals surface area contributed by atoms with Crippen LogP contribution >= 0.6 is 15.6 Å². The minimum atomic E-state index is -4.97. The highest BCUT2D eigenvalue weighted by molar-refractivity contribution is 7.47. The number of ether oxygens (including phenoxy) is 4. The van der Waals surface area contributed by atoms with Crippen LogP contribution in [0.25, 0.3) is 0 Å². The number of phosphoric acid groups is 2. The Balaban J connectivity index is 5.24. The van der Waals surface area contributed by atoms with Gasteiger partial charge in [0, 0.05) is 25.7 Å². The van der Waals surface area contributed by atoms with Crippen LogP contribution in [0.4, 0.5) is 0 Å². The molecule has 17 nitrogen and oxygen atoms in total. The van der Waals surface area contributed by atoms with Crippen molar-refractivity contribution in [2.75, 3.05) is 39.6 Å². The minimum absolute atomic E-state index is 0.106. The number of carbonyl (C=O) groups excluding carboxylic acids is 4. The normalized spacial score (nSPS) is 14.1. The van der Waals surface area contributed by atoms with Gasteiger partial charge in [0.25, 0.3) is 0 Å². The molecule has 0 saturated carbocycles. The fraction of sp³-hybridized carbons (Fsp3) is 0.954. The molecule has 0 rings (SSSR count). The third-order valence-corrected chi connectivity index (χ3v) is 22.6. The van der Waals surface area contributed by atoms with Gasteiger partial charge in [-0.05, 0) is 43.4 Å². The summed E-state index contributed by atoms with van der Waals surface area (Å²) in [5.74, 6) is 0.276. The van der Waals surface area contributed by atoms with E-state index in [0.29, 0.717) is 25.7 Å². The van der Waals surface area contributed by atoms with E-state index in [9.17, 15) is 43.2 Å². The van der Waals surface area contributed by atoms with Gasteiger partial charge in [-0.3, -0.25) is 37.3 Å². The zero-order valence-corrected chi connectivity index (χ0v) is 71.7. The van der Waals surface area contributed by atoms with Crippen molar-refractivity contribution in [1.29, 1.82) is 0 Å². The standard InChI is InChI=1S/C87H170O17P2/c1-8-10-11-12-13-14-15-16-17-18-22-25-28-33-40-47-54-61-68-84(89)97-74-82(103-86(91)70-63-56-49-41-34-29-26-23-20-19-21-24-27-32-39-46-53-60-67-80(7)9-2)76-101-105(93,94)99-72-81(88)73-100-106(95,96)102-77-83(75-98-85(90)69-62-55-48-43-36-38-45-52-59-66-79(5)6)104-87(92)71-64-57-50-42-35-30-31-37-44-51-58-65-78(3)4/h78-83,88H,8-77H2,1-7H3,(H,93,94)(H,95,96)/t80?,81-,82-,83-/m1/s1. The third-order valence-electron chi connectivity index (χ3n) is 20.7. The Hall–Kier alpha value is -1.94. The molecule has 0 bridgehead atoms. The van der Waals surface area contributed by atoms with E-state index in [2.05, 4.69) is 48.5 Å². The van der Waals surface area contributed by atoms with Crippen molar-refractivity contribution >= 4 is 39.5 Å². The summed E-state index contributed by atoms with van der Waals surface area (Å²) >= 11 is 0. The summed E-state index contributed by atoms with van der Waals surface area (Å²) in [6, 6.07) is 0. The Bertz CT molecular complexity index is 2050. The molecule has 106 heavy (non-hydrogen) atoms. The molecule has 0 amide bonds. The lowest BCUT2D eigenvalue weighted by atomic mass is 9.99. The lowest BCUT2D eigenvalue weighted by Crippen LogP contribution is -2.30. The molecule has 19 heteroatoms. The molecule has 3 N–H and O–H groups in total. The SMILES string of the molecule is CCCCCCCCCCCCCCCCCCCCC(=O)OC[C@H](COP(=O)(O)OC[C@@H](O)COP(=O)(O)OC[C@@H](COC(=O)CCCCCCCCCCCC(C)C)OC(=O)CCCCCCCCCCCCCC(C)C)OC(=O)CCCCCCCCCCCCCCCCCCCCC(C)CC. The lowest BCUT2D eigenvalue weighted by molar-refractivity contribution is -0.161. The van der Waals surface area contributed by atoms with Gasteiger partial charge >= 0.3 is 39.5 Å². The highest BCUT2D eigenvalue weighted by Gasteiger charge is 2.31. The molecule has 0 radical (unpaired) electrons. The molecular formula is C87H170O17P2. The quantitative estimate of drug-likeness (QED) is 0.0222. The number of phosphoric ester groups is 2. The van der Waals surface area contributed by atoms with Gasteiger partial charge in [0.15, 0.2) is 12.2 Å². The van der Waals surface area contributed by atoms with Crippen molar-refractivity contribution in [3.63, 3.8) is 0 Å². The van der Waals surface area contributed by atoms with E-state index < -0.39 is 97.5 Å². The van der Waals surface area contributed by atoms with E-state index in [1.54, 1.807) is 0 Å². The number of unbranched alkanes of at least 4 members (excludes halogenated alkanes) is 52. The fourth-order valence-corrected chi connectivity index (χ4v) is 15.1. The van der Waals surface area contributed by atoms with Gasteiger partial charge in [0.05, 0.1) is 26.4 Å². The molecule has 0 saturated heterocycles. The molecule has 630 valence electrons. The van der Waals surface area contributed by atoms with E-state index in [1.165, 1.54) is 270 Å². The Labute approximate surface area is 651 Å². The molecule has 0 aliphatic heterocycles. The highest BCUT2D eigenvalue weighted by atomic mass is 31.2. The first-order chi connectivity index (χ1) is 51.3. The van der Waals surface area contributed by atoms with Gasteiger partial charge in [0.1, 0.15) is 19.3 Å². The molecule has 0 heterocycles. The van der Waals surface area contributed by atoms with Crippen molar-refractivity contribution in [1.82, 2.24) is 0 Å². The van der Waals surface area contributed by atoms with Crippen molar-refractivity contribution in [2.45, 2.75) is 478 Å². The summed E-state index contributed by atoms with van der Waals surface area (Å²) in [4.78, 5) is 73.3. The van der Waals surface area contributed by atoms with Gasteiger partial charge in [-0.15, -0.1) is 0 Å². The van der Waals surface area contributed by atoms with E-state index in [-0.39, 0.29) is 25.7 Å². The second-order valence-corrected chi connectivity index (χ2v) is 35.4. The van der Waals surface area contributed by atoms with E-state index in [0.717, 1.165) is 108 Å². The van der Waals surface area contributed by atoms with Crippen molar-refractivity contribution in [3.8, 4) is 0 Å². The third kappa shape index (κ3) is 78.7.